The largest absolute Gasteiger partial charge is 0.495 e. The second-order valence-electron chi connectivity index (χ2n) is 5.79. The second kappa shape index (κ2) is 9.83. The third-order valence-corrected chi connectivity index (χ3v) is 4.25. The molecule has 0 aliphatic heterocycles. The average molecular weight is 391 g/mol. The van der Waals surface area contributed by atoms with E-state index in [4.69, 9.17) is 21.1 Å². The number of para-hydroxylation sites is 1. The topological polar surface area (TPSA) is 76.7 Å². The van der Waals surface area contributed by atoms with Crippen LogP contribution >= 0.6 is 11.6 Å². The number of halogens is 1. The Labute approximate surface area is 163 Å². The summed E-state index contributed by atoms with van der Waals surface area (Å²) in [5, 5.41) is 6.54. The van der Waals surface area contributed by atoms with Crippen LogP contribution in [0, 0.1) is 6.92 Å². The van der Waals surface area contributed by atoms with Gasteiger partial charge < -0.3 is 20.1 Å². The zero-order valence-electron chi connectivity index (χ0n) is 15.6. The number of carbonyl (C=O) groups is 2. The van der Waals surface area contributed by atoms with Gasteiger partial charge in [-0.25, -0.2) is 4.79 Å². The van der Waals surface area contributed by atoms with Gasteiger partial charge in [-0.3, -0.25) is 4.79 Å². The number of carbonyl (C=O) groups excluding carboxylic acids is 2. The molecule has 0 spiro atoms. The maximum Gasteiger partial charge on any atom is 0.340 e. The molecule has 144 valence electrons. The van der Waals surface area contributed by atoms with Gasteiger partial charge in [-0.2, -0.15) is 0 Å². The number of benzene rings is 2. The number of amides is 1. The van der Waals surface area contributed by atoms with Gasteiger partial charge >= 0.3 is 5.97 Å². The molecule has 6 nitrogen and oxygen atoms in total. The van der Waals surface area contributed by atoms with Gasteiger partial charge in [-0.05, 0) is 37.6 Å². The maximum atomic E-state index is 12.3. The first-order valence-electron chi connectivity index (χ1n) is 8.60. The lowest BCUT2D eigenvalue weighted by Gasteiger charge is -2.14. The predicted molar refractivity (Wildman–Crippen MR) is 107 cm³/mol. The first-order chi connectivity index (χ1) is 13.0. The highest BCUT2D eigenvalue weighted by atomic mass is 35.5. The van der Waals surface area contributed by atoms with E-state index in [0.29, 0.717) is 28.6 Å². The van der Waals surface area contributed by atoms with Crippen molar-refractivity contribution in [3.63, 3.8) is 0 Å². The summed E-state index contributed by atoms with van der Waals surface area (Å²) in [6, 6.07) is 10.4. The molecule has 7 heteroatoms. The highest BCUT2D eigenvalue weighted by Gasteiger charge is 2.14. The number of anilines is 2. The fourth-order valence-corrected chi connectivity index (χ4v) is 2.63. The molecule has 0 fully saturated rings. The molecule has 27 heavy (non-hydrogen) atoms. The van der Waals surface area contributed by atoms with E-state index in [-0.39, 0.29) is 18.9 Å². The number of aryl methyl sites for hydroxylation is 1. The third-order valence-electron chi connectivity index (χ3n) is 3.84. The Hall–Kier alpha value is -2.73. The minimum atomic E-state index is -0.465. The van der Waals surface area contributed by atoms with Crippen molar-refractivity contribution in [3.05, 3.63) is 52.5 Å². The van der Waals surface area contributed by atoms with Crippen molar-refractivity contribution in [3.8, 4) is 5.75 Å². The van der Waals surface area contributed by atoms with E-state index in [0.717, 1.165) is 11.3 Å². The molecule has 1 amide bonds. The van der Waals surface area contributed by atoms with Gasteiger partial charge in [0, 0.05) is 24.1 Å². The van der Waals surface area contributed by atoms with Crippen LogP contribution in [-0.2, 0) is 9.53 Å². The molecular formula is C20H23ClN2O4. The zero-order chi connectivity index (χ0) is 19.8. The molecule has 2 N–H and O–H groups in total. The van der Waals surface area contributed by atoms with Gasteiger partial charge in [0.05, 0.1) is 30.7 Å². The standard InChI is InChI=1S/C20H23ClN2O4/c1-4-27-20(25)14-7-5-6-8-16(14)23-19(24)9-10-22-17-11-13(2)15(21)12-18(17)26-3/h5-8,11-12,22H,4,9-10H2,1-3H3,(H,23,24). The van der Waals surface area contributed by atoms with Gasteiger partial charge in [-0.15, -0.1) is 0 Å². The molecule has 0 bridgehead atoms. The molecule has 0 saturated carbocycles. The minimum Gasteiger partial charge on any atom is -0.495 e. The lowest BCUT2D eigenvalue weighted by molar-refractivity contribution is -0.115. The van der Waals surface area contributed by atoms with Gasteiger partial charge in [0.25, 0.3) is 0 Å². The van der Waals surface area contributed by atoms with Crippen molar-refractivity contribution in [2.24, 2.45) is 0 Å². The summed E-state index contributed by atoms with van der Waals surface area (Å²) in [6.07, 6.45) is 0.210. The second-order valence-corrected chi connectivity index (χ2v) is 6.20. The Morgan fingerprint density at radius 2 is 1.89 bits per heavy atom. The first kappa shape index (κ1) is 20.6. The molecule has 0 saturated heterocycles. The van der Waals surface area contributed by atoms with Gasteiger partial charge in [0.2, 0.25) is 5.91 Å². The number of hydrogen-bond donors (Lipinski definition) is 2. The number of nitrogens with one attached hydrogen (secondary N) is 2. The van der Waals surface area contributed by atoms with Crippen LogP contribution in [-0.4, -0.2) is 32.1 Å². The molecule has 2 aromatic carbocycles. The Balaban J connectivity index is 1.96. The number of ether oxygens (including phenoxy) is 2. The quantitative estimate of drug-likeness (QED) is 0.658. The van der Waals surface area contributed by atoms with Crippen LogP contribution in [0.5, 0.6) is 5.75 Å². The van der Waals surface area contributed by atoms with Crippen molar-refractivity contribution in [2.45, 2.75) is 20.3 Å². The van der Waals surface area contributed by atoms with Gasteiger partial charge in [0.15, 0.2) is 0 Å². The molecule has 0 aliphatic rings. The smallest absolute Gasteiger partial charge is 0.340 e. The molecule has 0 unspecified atom stereocenters. The maximum absolute atomic E-state index is 12.3. The Bertz CT molecular complexity index is 824. The van der Waals surface area contributed by atoms with Crippen LogP contribution < -0.4 is 15.4 Å². The third kappa shape index (κ3) is 5.62. The van der Waals surface area contributed by atoms with E-state index in [2.05, 4.69) is 10.6 Å². The zero-order valence-corrected chi connectivity index (χ0v) is 16.4. The van der Waals surface area contributed by atoms with E-state index in [1.807, 2.05) is 13.0 Å². The lowest BCUT2D eigenvalue weighted by atomic mass is 10.1. The van der Waals surface area contributed by atoms with Crippen LogP contribution in [0.25, 0.3) is 0 Å². The normalized spacial score (nSPS) is 10.2. The number of esters is 1. The lowest BCUT2D eigenvalue weighted by Crippen LogP contribution is -2.18. The molecule has 0 radical (unpaired) electrons. The summed E-state index contributed by atoms with van der Waals surface area (Å²) in [5.41, 5.74) is 2.43. The van der Waals surface area contributed by atoms with Crippen molar-refractivity contribution in [1.82, 2.24) is 0 Å². The SMILES string of the molecule is CCOC(=O)c1ccccc1NC(=O)CCNc1cc(C)c(Cl)cc1OC. The van der Waals surface area contributed by atoms with Crippen LogP contribution in [0.15, 0.2) is 36.4 Å². The highest BCUT2D eigenvalue weighted by molar-refractivity contribution is 6.31. The van der Waals surface area contributed by atoms with E-state index < -0.39 is 5.97 Å². The molecule has 2 rings (SSSR count). The predicted octanol–water partition coefficient (Wildman–Crippen LogP) is 4.27. The molecule has 0 atom stereocenters. The van der Waals surface area contributed by atoms with Crippen LogP contribution in [0.2, 0.25) is 5.02 Å². The monoisotopic (exact) mass is 390 g/mol. The summed E-state index contributed by atoms with van der Waals surface area (Å²) < 4.78 is 10.3. The fraction of sp³-hybridized carbons (Fsp3) is 0.300. The van der Waals surface area contributed by atoms with E-state index >= 15 is 0 Å². The molecular weight excluding hydrogens is 368 g/mol. The Morgan fingerprint density at radius 1 is 1.15 bits per heavy atom. The molecule has 0 aliphatic carbocycles. The summed E-state index contributed by atoms with van der Waals surface area (Å²) in [5.74, 6) is -0.0736. The van der Waals surface area contributed by atoms with Crippen molar-refractivity contribution in [2.75, 3.05) is 30.9 Å². The van der Waals surface area contributed by atoms with Crippen molar-refractivity contribution < 1.29 is 19.1 Å². The highest BCUT2D eigenvalue weighted by Crippen LogP contribution is 2.30. The summed E-state index contributed by atoms with van der Waals surface area (Å²) in [4.78, 5) is 24.2. The minimum absolute atomic E-state index is 0.210. The van der Waals surface area contributed by atoms with Crippen LogP contribution in [0.3, 0.4) is 0 Å². The van der Waals surface area contributed by atoms with E-state index in [1.54, 1.807) is 44.4 Å². The summed E-state index contributed by atoms with van der Waals surface area (Å²) in [6.45, 7) is 4.29. The van der Waals surface area contributed by atoms with Crippen LogP contribution in [0.1, 0.15) is 29.3 Å². The Morgan fingerprint density at radius 3 is 2.59 bits per heavy atom. The number of methoxy groups -OCH3 is 1. The number of hydrogen-bond acceptors (Lipinski definition) is 5. The molecule has 0 aromatic heterocycles. The van der Waals surface area contributed by atoms with Crippen molar-refractivity contribution in [1.29, 1.82) is 0 Å². The van der Waals surface area contributed by atoms with Crippen LogP contribution in [0.4, 0.5) is 11.4 Å². The van der Waals surface area contributed by atoms with Gasteiger partial charge in [0.1, 0.15) is 5.75 Å². The Kier molecular flexibility index (Phi) is 7.49. The number of rotatable bonds is 8. The average Bonchev–Trinajstić information content (AvgIpc) is 2.65. The fourth-order valence-electron chi connectivity index (χ4n) is 2.47. The van der Waals surface area contributed by atoms with Gasteiger partial charge in [-0.1, -0.05) is 23.7 Å². The van der Waals surface area contributed by atoms with Crippen molar-refractivity contribution >= 4 is 34.9 Å². The summed E-state index contributed by atoms with van der Waals surface area (Å²) in [7, 11) is 1.56. The van der Waals surface area contributed by atoms with E-state index in [9.17, 15) is 9.59 Å². The molecule has 2 aromatic rings. The van der Waals surface area contributed by atoms with E-state index in [1.165, 1.54) is 0 Å². The first-order valence-corrected chi connectivity index (χ1v) is 8.98. The molecule has 0 heterocycles. The summed E-state index contributed by atoms with van der Waals surface area (Å²) >= 11 is 6.09.